The van der Waals surface area contributed by atoms with E-state index in [9.17, 15) is 9.59 Å². The van der Waals surface area contributed by atoms with Gasteiger partial charge in [-0.15, -0.1) is 0 Å². The van der Waals surface area contributed by atoms with Crippen LogP contribution in [0.4, 0.5) is 11.8 Å². The molecule has 3 heterocycles. The second kappa shape index (κ2) is 5.22. The largest absolute Gasteiger partial charge is 0.383 e. The molecule has 0 aromatic carbocycles. The number of nitrogens with two attached hydrogens (primary N) is 2. The number of hydrogen-bond donors (Lipinski definition) is 5. The summed E-state index contributed by atoms with van der Waals surface area (Å²) >= 11 is 0. The molecule has 7 N–H and O–H groups in total. The van der Waals surface area contributed by atoms with Crippen molar-refractivity contribution < 1.29 is 0 Å². The van der Waals surface area contributed by atoms with Crippen LogP contribution in [0.15, 0.2) is 22.1 Å². The van der Waals surface area contributed by atoms with Crippen LogP contribution in [0.2, 0.25) is 0 Å². The van der Waals surface area contributed by atoms with E-state index < -0.39 is 5.69 Å². The van der Waals surface area contributed by atoms with Crippen LogP contribution in [0.1, 0.15) is 5.56 Å². The molecule has 3 rings (SSSR count). The Bertz CT molecular complexity index is 846. The van der Waals surface area contributed by atoms with Gasteiger partial charge in [-0.25, -0.2) is 9.78 Å². The molecule has 0 bridgehead atoms. The van der Waals surface area contributed by atoms with E-state index in [0.29, 0.717) is 17.0 Å². The quantitative estimate of drug-likeness (QED) is 0.346. The van der Waals surface area contributed by atoms with Crippen molar-refractivity contribution in [3.8, 4) is 0 Å². The number of imidazole rings is 1. The Labute approximate surface area is 111 Å². The van der Waals surface area contributed by atoms with E-state index in [1.54, 1.807) is 6.92 Å². The minimum atomic E-state index is -0.405. The van der Waals surface area contributed by atoms with Crippen molar-refractivity contribution in [1.29, 1.82) is 0 Å². The fraction of sp³-hybridized carbons (Fsp3) is 0.100. The number of hydrogen-bond acceptors (Lipinski definition) is 7. The van der Waals surface area contributed by atoms with E-state index in [0.717, 1.165) is 5.56 Å². The lowest BCUT2D eigenvalue weighted by molar-refractivity contribution is 1.06. The highest BCUT2D eigenvalue weighted by molar-refractivity contribution is 5.69. The predicted molar refractivity (Wildman–Crippen MR) is 72.9 cm³/mol. The predicted octanol–water partition coefficient (Wildman–Crippen LogP) is -1.11. The Balaban J connectivity index is 0.000000151. The van der Waals surface area contributed by atoms with Gasteiger partial charge in [0.1, 0.15) is 5.82 Å². The summed E-state index contributed by atoms with van der Waals surface area (Å²) < 4.78 is 0. The topological polar surface area (TPSA) is 172 Å². The number of fused-ring (bicyclic) bond motifs is 1. The molecule has 0 aliphatic rings. The first-order valence-corrected chi connectivity index (χ1v) is 5.48. The Morgan fingerprint density at radius 2 is 1.90 bits per heavy atom. The summed E-state index contributed by atoms with van der Waals surface area (Å²) in [5.41, 5.74) is 11.3. The maximum absolute atomic E-state index is 11.0. The maximum atomic E-state index is 11.0. The van der Waals surface area contributed by atoms with Gasteiger partial charge < -0.3 is 21.4 Å². The third kappa shape index (κ3) is 2.80. The molecular formula is C10H12N8O2. The summed E-state index contributed by atoms with van der Waals surface area (Å²) in [5, 5.41) is 0. The van der Waals surface area contributed by atoms with Gasteiger partial charge in [-0.2, -0.15) is 9.97 Å². The van der Waals surface area contributed by atoms with Crippen LogP contribution < -0.4 is 22.7 Å². The van der Waals surface area contributed by atoms with E-state index >= 15 is 0 Å². The third-order valence-electron chi connectivity index (χ3n) is 2.35. The van der Waals surface area contributed by atoms with E-state index in [1.807, 2.05) is 0 Å². The van der Waals surface area contributed by atoms with Crippen molar-refractivity contribution in [3.05, 3.63) is 38.9 Å². The van der Waals surface area contributed by atoms with Crippen LogP contribution in [0, 0.1) is 6.92 Å². The van der Waals surface area contributed by atoms with Gasteiger partial charge in [0.05, 0.1) is 6.33 Å². The molecule has 3 aromatic heterocycles. The summed E-state index contributed by atoms with van der Waals surface area (Å²) in [6, 6.07) is 0. The van der Waals surface area contributed by atoms with E-state index in [4.69, 9.17) is 11.5 Å². The Morgan fingerprint density at radius 1 is 1.15 bits per heavy atom. The number of nitrogens with one attached hydrogen (secondary N) is 3. The van der Waals surface area contributed by atoms with Gasteiger partial charge in [-0.05, 0) is 6.92 Å². The molecule has 20 heavy (non-hydrogen) atoms. The standard InChI is InChI=1S/C5H5N5O.C5H7N3O/c6-5-9-3-2(4(11)10-5)7-1-8-3;1-3-2-7-5(9)8-4(3)6/h1H,(H4,6,7,8,9,10,11);2H,1H3,(H3,6,7,8,9). The number of H-pyrrole nitrogens is 3. The zero-order chi connectivity index (χ0) is 14.7. The lowest BCUT2D eigenvalue weighted by Gasteiger charge is -1.92. The third-order valence-corrected chi connectivity index (χ3v) is 2.35. The molecule has 0 atom stereocenters. The van der Waals surface area contributed by atoms with Gasteiger partial charge in [0.2, 0.25) is 5.95 Å². The van der Waals surface area contributed by atoms with E-state index in [2.05, 4.69) is 29.9 Å². The highest BCUT2D eigenvalue weighted by Gasteiger charge is 2.01. The van der Waals surface area contributed by atoms with E-state index in [-0.39, 0.29) is 11.5 Å². The molecule has 0 radical (unpaired) electrons. The summed E-state index contributed by atoms with van der Waals surface area (Å²) in [4.78, 5) is 39.8. The van der Waals surface area contributed by atoms with Crippen LogP contribution in [0.25, 0.3) is 11.2 Å². The Morgan fingerprint density at radius 3 is 2.55 bits per heavy atom. The van der Waals surface area contributed by atoms with Crippen molar-refractivity contribution in [2.24, 2.45) is 0 Å². The molecule has 0 aliphatic heterocycles. The molecule has 0 amide bonds. The molecule has 0 spiro atoms. The van der Waals surface area contributed by atoms with Gasteiger partial charge in [-0.3, -0.25) is 9.78 Å². The van der Waals surface area contributed by atoms with Crippen LogP contribution >= 0.6 is 0 Å². The average molecular weight is 276 g/mol. The molecule has 0 fully saturated rings. The Hall–Kier alpha value is -3.17. The fourth-order valence-corrected chi connectivity index (χ4v) is 1.33. The Kier molecular flexibility index (Phi) is 3.46. The highest BCUT2D eigenvalue weighted by atomic mass is 16.1. The number of rotatable bonds is 0. The molecule has 0 unspecified atom stereocenters. The monoisotopic (exact) mass is 276 g/mol. The van der Waals surface area contributed by atoms with Gasteiger partial charge in [0.15, 0.2) is 11.2 Å². The minimum absolute atomic E-state index is 0.0783. The lowest BCUT2D eigenvalue weighted by Crippen LogP contribution is -2.12. The number of aromatic nitrogens is 6. The number of nitrogens with zero attached hydrogens (tertiary/aromatic N) is 3. The van der Waals surface area contributed by atoms with Gasteiger partial charge in [0, 0.05) is 11.8 Å². The summed E-state index contributed by atoms with van der Waals surface area (Å²) in [6.45, 7) is 1.78. The van der Waals surface area contributed by atoms with Crippen molar-refractivity contribution >= 4 is 22.9 Å². The zero-order valence-electron chi connectivity index (χ0n) is 10.5. The number of anilines is 2. The summed E-state index contributed by atoms with van der Waals surface area (Å²) in [6.07, 6.45) is 2.93. The summed E-state index contributed by atoms with van der Waals surface area (Å²) in [7, 11) is 0. The molecule has 10 nitrogen and oxygen atoms in total. The first kappa shape index (κ1) is 13.3. The normalized spacial score (nSPS) is 10.1. The van der Waals surface area contributed by atoms with Crippen molar-refractivity contribution in [2.75, 3.05) is 11.5 Å². The van der Waals surface area contributed by atoms with Crippen molar-refractivity contribution in [1.82, 2.24) is 29.9 Å². The molecule has 0 saturated heterocycles. The van der Waals surface area contributed by atoms with Gasteiger partial charge in [-0.1, -0.05) is 0 Å². The maximum Gasteiger partial charge on any atom is 0.346 e. The second-order valence-electron chi connectivity index (χ2n) is 3.83. The van der Waals surface area contributed by atoms with Crippen LogP contribution in [0.5, 0.6) is 0 Å². The fourth-order valence-electron chi connectivity index (χ4n) is 1.33. The van der Waals surface area contributed by atoms with Crippen molar-refractivity contribution in [3.63, 3.8) is 0 Å². The highest BCUT2D eigenvalue weighted by Crippen LogP contribution is 1.98. The van der Waals surface area contributed by atoms with Crippen molar-refractivity contribution in [2.45, 2.75) is 6.92 Å². The molecule has 104 valence electrons. The molecule has 3 aromatic rings. The van der Waals surface area contributed by atoms with Crippen LogP contribution in [-0.2, 0) is 0 Å². The number of aromatic amines is 3. The minimum Gasteiger partial charge on any atom is -0.383 e. The van der Waals surface area contributed by atoms with Gasteiger partial charge >= 0.3 is 5.69 Å². The van der Waals surface area contributed by atoms with E-state index in [1.165, 1.54) is 12.5 Å². The number of nitrogen functional groups attached to an aromatic ring is 2. The average Bonchev–Trinajstić information content (AvgIpc) is 2.83. The summed E-state index contributed by atoms with van der Waals surface area (Å²) in [5.74, 6) is 0.369. The molecule has 0 saturated carbocycles. The molecule has 10 heteroatoms. The lowest BCUT2D eigenvalue weighted by atomic mass is 10.4. The first-order valence-electron chi connectivity index (χ1n) is 5.48. The number of aryl methyl sites for hydroxylation is 1. The second-order valence-corrected chi connectivity index (χ2v) is 3.83. The van der Waals surface area contributed by atoms with Crippen LogP contribution in [-0.4, -0.2) is 29.9 Å². The first-order chi connectivity index (χ1) is 9.47. The smallest absolute Gasteiger partial charge is 0.346 e. The van der Waals surface area contributed by atoms with Crippen LogP contribution in [0.3, 0.4) is 0 Å². The molecule has 0 aliphatic carbocycles. The zero-order valence-corrected chi connectivity index (χ0v) is 10.5. The van der Waals surface area contributed by atoms with Gasteiger partial charge in [0.25, 0.3) is 5.56 Å². The SMILES string of the molecule is Cc1c[nH]c(=O)nc1N.Nc1nc2nc[nH]c2c(=O)[nH]1. The molecular weight excluding hydrogens is 264 g/mol.